The maximum Gasteiger partial charge on any atom is 0.279 e. The smallest absolute Gasteiger partial charge is 0.279 e. The number of carbonyl (C=O) groups excluding carboxylic acids is 1. The number of carbonyl (C=O) groups is 1. The zero-order valence-electron chi connectivity index (χ0n) is 14.8. The Labute approximate surface area is 152 Å². The van der Waals surface area contributed by atoms with Gasteiger partial charge in [0.2, 0.25) is 0 Å². The average Bonchev–Trinajstić information content (AvgIpc) is 3.03. The molecule has 0 saturated heterocycles. The van der Waals surface area contributed by atoms with E-state index in [9.17, 15) is 4.79 Å². The van der Waals surface area contributed by atoms with E-state index in [0.29, 0.717) is 11.5 Å². The van der Waals surface area contributed by atoms with E-state index < -0.39 is 0 Å². The van der Waals surface area contributed by atoms with Crippen LogP contribution in [-0.4, -0.2) is 29.2 Å². The molecule has 1 unspecified atom stereocenters. The summed E-state index contributed by atoms with van der Waals surface area (Å²) < 4.78 is 0. The highest BCUT2D eigenvalue weighted by atomic mass is 16.2. The molecule has 5 heteroatoms. The van der Waals surface area contributed by atoms with E-state index >= 15 is 0 Å². The van der Waals surface area contributed by atoms with Crippen molar-refractivity contribution in [3.63, 3.8) is 0 Å². The van der Waals surface area contributed by atoms with Gasteiger partial charge in [0.15, 0.2) is 11.5 Å². The summed E-state index contributed by atoms with van der Waals surface area (Å²) in [5, 5.41) is 8.45. The Hall–Kier alpha value is -3.21. The molecule has 1 amide bonds. The van der Waals surface area contributed by atoms with Crippen molar-refractivity contribution in [2.24, 2.45) is 0 Å². The van der Waals surface area contributed by atoms with Gasteiger partial charge < -0.3 is 9.80 Å². The third-order valence-corrected chi connectivity index (χ3v) is 4.78. The van der Waals surface area contributed by atoms with Crippen molar-refractivity contribution in [3.8, 4) is 0 Å². The SMILES string of the molecule is CC1Cc2ccccc2N1C(=O)c1ccc(N(C)c2ccccc2)nn1. The normalized spacial score (nSPS) is 15.6. The Morgan fingerprint density at radius 2 is 1.73 bits per heavy atom. The van der Waals surface area contributed by atoms with E-state index in [1.165, 1.54) is 5.56 Å². The molecule has 0 fully saturated rings. The van der Waals surface area contributed by atoms with Crippen LogP contribution in [0.5, 0.6) is 0 Å². The van der Waals surface area contributed by atoms with Gasteiger partial charge in [0.25, 0.3) is 5.91 Å². The monoisotopic (exact) mass is 344 g/mol. The van der Waals surface area contributed by atoms with Gasteiger partial charge in [0.05, 0.1) is 0 Å². The first kappa shape index (κ1) is 16.3. The molecular formula is C21H20N4O. The van der Waals surface area contributed by atoms with Crippen molar-refractivity contribution in [2.45, 2.75) is 19.4 Å². The molecule has 2 aromatic carbocycles. The number of nitrogens with zero attached hydrogens (tertiary/aromatic N) is 4. The predicted molar refractivity (Wildman–Crippen MR) is 103 cm³/mol. The van der Waals surface area contributed by atoms with Crippen molar-refractivity contribution in [3.05, 3.63) is 78.0 Å². The van der Waals surface area contributed by atoms with E-state index in [1.807, 2.05) is 71.4 Å². The van der Waals surface area contributed by atoms with Gasteiger partial charge in [-0.05, 0) is 49.2 Å². The number of rotatable bonds is 3. The molecule has 26 heavy (non-hydrogen) atoms. The van der Waals surface area contributed by atoms with Crippen LogP contribution in [0.3, 0.4) is 0 Å². The molecule has 0 saturated carbocycles. The fourth-order valence-corrected chi connectivity index (χ4v) is 3.40. The summed E-state index contributed by atoms with van der Waals surface area (Å²) in [6, 6.07) is 21.7. The Balaban J connectivity index is 1.58. The lowest BCUT2D eigenvalue weighted by molar-refractivity contribution is 0.0975. The van der Waals surface area contributed by atoms with Gasteiger partial charge in [-0.3, -0.25) is 4.79 Å². The maximum absolute atomic E-state index is 13.0. The molecule has 1 atom stereocenters. The number of amides is 1. The number of hydrogen-bond donors (Lipinski definition) is 0. The van der Waals surface area contributed by atoms with E-state index in [2.05, 4.69) is 23.2 Å². The van der Waals surface area contributed by atoms with E-state index in [1.54, 1.807) is 6.07 Å². The van der Waals surface area contributed by atoms with Crippen LogP contribution in [0, 0.1) is 0 Å². The van der Waals surface area contributed by atoms with Crippen LogP contribution in [-0.2, 0) is 6.42 Å². The average molecular weight is 344 g/mol. The minimum atomic E-state index is -0.108. The quantitative estimate of drug-likeness (QED) is 0.724. The summed E-state index contributed by atoms with van der Waals surface area (Å²) in [6.45, 7) is 2.06. The molecule has 1 aliphatic rings. The number of fused-ring (bicyclic) bond motifs is 1. The molecule has 0 N–H and O–H groups in total. The number of benzene rings is 2. The fourth-order valence-electron chi connectivity index (χ4n) is 3.40. The third kappa shape index (κ3) is 2.81. The third-order valence-electron chi connectivity index (χ3n) is 4.78. The topological polar surface area (TPSA) is 49.3 Å². The summed E-state index contributed by atoms with van der Waals surface area (Å²) in [5.74, 6) is 0.589. The van der Waals surface area contributed by atoms with Crippen molar-refractivity contribution < 1.29 is 4.79 Å². The number of para-hydroxylation sites is 2. The summed E-state index contributed by atoms with van der Waals surface area (Å²) in [6.07, 6.45) is 0.865. The predicted octanol–water partition coefficient (Wildman–Crippen LogP) is 3.84. The lowest BCUT2D eigenvalue weighted by Gasteiger charge is -2.22. The molecule has 3 aromatic rings. The molecule has 2 heterocycles. The summed E-state index contributed by atoms with van der Waals surface area (Å²) in [5.41, 5.74) is 3.54. The van der Waals surface area contributed by atoms with Crippen molar-refractivity contribution in [2.75, 3.05) is 16.8 Å². The second kappa shape index (κ2) is 6.59. The van der Waals surface area contributed by atoms with Crippen molar-refractivity contribution >= 4 is 23.1 Å². The maximum atomic E-state index is 13.0. The molecule has 0 bridgehead atoms. The first-order valence-electron chi connectivity index (χ1n) is 8.69. The van der Waals surface area contributed by atoms with E-state index in [4.69, 9.17) is 0 Å². The molecule has 0 radical (unpaired) electrons. The number of anilines is 3. The zero-order chi connectivity index (χ0) is 18.1. The standard InChI is InChI=1S/C21H20N4O/c1-15-14-16-8-6-7-11-19(16)25(15)21(26)18-12-13-20(23-22-18)24(2)17-9-4-3-5-10-17/h3-13,15H,14H2,1-2H3. The lowest BCUT2D eigenvalue weighted by atomic mass is 10.1. The van der Waals surface area contributed by atoms with E-state index in [0.717, 1.165) is 17.8 Å². The van der Waals surface area contributed by atoms with Gasteiger partial charge in [0, 0.05) is 24.5 Å². The first-order valence-corrected chi connectivity index (χ1v) is 8.69. The van der Waals surface area contributed by atoms with Gasteiger partial charge in [-0.2, -0.15) is 0 Å². The number of aromatic nitrogens is 2. The largest absolute Gasteiger partial charge is 0.328 e. The Morgan fingerprint density at radius 3 is 2.46 bits per heavy atom. The second-order valence-electron chi connectivity index (χ2n) is 6.53. The van der Waals surface area contributed by atoms with Gasteiger partial charge in [0.1, 0.15) is 0 Å². The lowest BCUT2D eigenvalue weighted by Crippen LogP contribution is -2.36. The summed E-state index contributed by atoms with van der Waals surface area (Å²) in [4.78, 5) is 16.7. The van der Waals surface area contributed by atoms with Crippen molar-refractivity contribution in [1.29, 1.82) is 0 Å². The molecule has 0 spiro atoms. The van der Waals surface area contributed by atoms with Crippen LogP contribution < -0.4 is 9.80 Å². The van der Waals surface area contributed by atoms with Crippen LogP contribution in [0.25, 0.3) is 0 Å². The van der Waals surface area contributed by atoms with Gasteiger partial charge in [-0.25, -0.2) is 0 Å². The Kier molecular flexibility index (Phi) is 4.13. The molecule has 4 rings (SSSR count). The minimum absolute atomic E-state index is 0.108. The van der Waals surface area contributed by atoms with Gasteiger partial charge in [-0.1, -0.05) is 36.4 Å². The van der Waals surface area contributed by atoms with Crippen LogP contribution >= 0.6 is 0 Å². The van der Waals surface area contributed by atoms with Gasteiger partial charge in [-0.15, -0.1) is 10.2 Å². The molecule has 130 valence electrons. The fraction of sp³-hybridized carbons (Fsp3) is 0.190. The second-order valence-corrected chi connectivity index (χ2v) is 6.53. The van der Waals surface area contributed by atoms with Gasteiger partial charge >= 0.3 is 0 Å². The molecule has 1 aromatic heterocycles. The van der Waals surface area contributed by atoms with Crippen LogP contribution in [0.15, 0.2) is 66.7 Å². The molecule has 0 aliphatic carbocycles. The molecule has 5 nitrogen and oxygen atoms in total. The highest BCUT2D eigenvalue weighted by Crippen LogP contribution is 2.32. The summed E-state index contributed by atoms with van der Waals surface area (Å²) in [7, 11) is 1.93. The molecule has 1 aliphatic heterocycles. The zero-order valence-corrected chi connectivity index (χ0v) is 14.8. The van der Waals surface area contributed by atoms with Crippen LogP contribution in [0.4, 0.5) is 17.2 Å². The number of hydrogen-bond acceptors (Lipinski definition) is 4. The Bertz CT molecular complexity index is 924. The highest BCUT2D eigenvalue weighted by Gasteiger charge is 2.32. The highest BCUT2D eigenvalue weighted by molar-refractivity contribution is 6.06. The van der Waals surface area contributed by atoms with Crippen LogP contribution in [0.2, 0.25) is 0 Å². The minimum Gasteiger partial charge on any atom is -0.328 e. The Morgan fingerprint density at radius 1 is 1.00 bits per heavy atom. The molecular weight excluding hydrogens is 324 g/mol. The van der Waals surface area contributed by atoms with Crippen LogP contribution in [0.1, 0.15) is 23.0 Å². The van der Waals surface area contributed by atoms with Crippen molar-refractivity contribution in [1.82, 2.24) is 10.2 Å². The van der Waals surface area contributed by atoms with E-state index in [-0.39, 0.29) is 11.9 Å². The summed E-state index contributed by atoms with van der Waals surface area (Å²) >= 11 is 0. The first-order chi connectivity index (χ1) is 12.6.